The molecule has 0 spiro atoms. The van der Waals surface area contributed by atoms with Crippen molar-refractivity contribution in [3.8, 4) is 6.07 Å². The van der Waals surface area contributed by atoms with E-state index in [1.807, 2.05) is 18.2 Å². The summed E-state index contributed by atoms with van der Waals surface area (Å²) in [7, 11) is 0. The van der Waals surface area contributed by atoms with Crippen LogP contribution in [0.15, 0.2) is 60.8 Å². The number of nitrogens with zero attached hydrogens (tertiary/aromatic N) is 4. The number of hydrogen-bond donors (Lipinski definition) is 0. The first-order valence-corrected chi connectivity index (χ1v) is 8.67. The van der Waals surface area contributed by atoms with Gasteiger partial charge in [0.15, 0.2) is 11.8 Å². The highest BCUT2D eigenvalue weighted by Gasteiger charge is 2.17. The van der Waals surface area contributed by atoms with E-state index < -0.39 is 18.5 Å². The van der Waals surface area contributed by atoms with Gasteiger partial charge in [-0.05, 0) is 30.3 Å². The van der Waals surface area contributed by atoms with E-state index in [0.29, 0.717) is 17.0 Å². The third kappa shape index (κ3) is 4.37. The number of esters is 1. The second-order valence-electron chi connectivity index (χ2n) is 5.63. The van der Waals surface area contributed by atoms with Gasteiger partial charge in [-0.2, -0.15) is 5.26 Å². The lowest BCUT2D eigenvalue weighted by Gasteiger charge is -2.19. The predicted octanol–water partition coefficient (Wildman–Crippen LogP) is 3.10. The van der Waals surface area contributed by atoms with Crippen molar-refractivity contribution >= 4 is 40.9 Å². The van der Waals surface area contributed by atoms with Crippen molar-refractivity contribution < 1.29 is 14.3 Å². The van der Waals surface area contributed by atoms with E-state index in [9.17, 15) is 9.59 Å². The minimum Gasteiger partial charge on any atom is -0.452 e. The molecule has 3 rings (SSSR count). The molecule has 140 valence electrons. The Bertz CT molecular complexity index is 1070. The topological polar surface area (TPSA) is 87.7 Å². The van der Waals surface area contributed by atoms with E-state index in [0.717, 1.165) is 0 Å². The summed E-state index contributed by atoms with van der Waals surface area (Å²) >= 11 is 6.10. The lowest BCUT2D eigenvalue weighted by Crippen LogP contribution is -2.34. The zero-order valence-electron chi connectivity index (χ0n) is 14.7. The molecule has 0 radical (unpaired) electrons. The van der Waals surface area contributed by atoms with Crippen molar-refractivity contribution in [2.75, 3.05) is 18.1 Å². The van der Waals surface area contributed by atoms with Crippen LogP contribution in [0.3, 0.4) is 0 Å². The van der Waals surface area contributed by atoms with Gasteiger partial charge in [-0.1, -0.05) is 35.9 Å². The van der Waals surface area contributed by atoms with Crippen LogP contribution >= 0.6 is 11.6 Å². The maximum Gasteiger partial charge on any atom is 0.331 e. The summed E-state index contributed by atoms with van der Waals surface area (Å²) < 4.78 is 6.73. The van der Waals surface area contributed by atoms with Gasteiger partial charge in [0.05, 0.1) is 11.8 Å². The number of imidazole rings is 1. The summed E-state index contributed by atoms with van der Waals surface area (Å²) in [4.78, 5) is 29.8. The van der Waals surface area contributed by atoms with Gasteiger partial charge < -0.3 is 4.74 Å². The second kappa shape index (κ2) is 8.84. The highest BCUT2D eigenvalue weighted by Crippen LogP contribution is 2.19. The third-order valence-electron chi connectivity index (χ3n) is 3.83. The van der Waals surface area contributed by atoms with Crippen LogP contribution < -0.4 is 4.90 Å². The average Bonchev–Trinajstić information content (AvgIpc) is 3.04. The van der Waals surface area contributed by atoms with Crippen molar-refractivity contribution in [2.24, 2.45) is 0 Å². The number of nitriles is 1. The molecule has 8 heteroatoms. The molecular weight excluding hydrogens is 380 g/mol. The van der Waals surface area contributed by atoms with E-state index >= 15 is 0 Å². The standard InChI is InChI=1S/C20H15ClN4O3/c21-20-16(25-12-5-4-8-17(25)23-20)9-10-19(27)28-14-18(26)24(13-11-22)15-6-2-1-3-7-15/h1-10,12H,13-14H2/b10-9+. The number of ether oxygens (including phenoxy) is 1. The van der Waals surface area contributed by atoms with Gasteiger partial charge in [0, 0.05) is 18.0 Å². The molecule has 0 fully saturated rings. The number of benzene rings is 1. The van der Waals surface area contributed by atoms with Crippen molar-refractivity contribution in [1.82, 2.24) is 9.38 Å². The Morgan fingerprint density at radius 2 is 1.96 bits per heavy atom. The number of aromatic nitrogens is 2. The number of anilines is 1. The number of carbonyl (C=O) groups excluding carboxylic acids is 2. The van der Waals surface area contributed by atoms with E-state index in [1.54, 1.807) is 47.0 Å². The largest absolute Gasteiger partial charge is 0.452 e. The summed E-state index contributed by atoms with van der Waals surface area (Å²) in [6.45, 7) is -0.631. The maximum atomic E-state index is 12.3. The van der Waals surface area contributed by atoms with Crippen LogP contribution in [0.4, 0.5) is 5.69 Å². The Labute approximate surface area is 166 Å². The molecule has 2 heterocycles. The smallest absolute Gasteiger partial charge is 0.331 e. The molecule has 0 saturated carbocycles. The van der Waals surface area contributed by atoms with Gasteiger partial charge in [-0.3, -0.25) is 14.1 Å². The van der Waals surface area contributed by atoms with E-state index in [2.05, 4.69) is 4.98 Å². The molecule has 0 N–H and O–H groups in total. The summed E-state index contributed by atoms with van der Waals surface area (Å²) in [6, 6.07) is 16.0. The number of pyridine rings is 1. The van der Waals surface area contributed by atoms with Gasteiger partial charge in [0.2, 0.25) is 0 Å². The summed E-state index contributed by atoms with van der Waals surface area (Å²) in [6.07, 6.45) is 4.41. The van der Waals surface area contributed by atoms with Gasteiger partial charge in [-0.25, -0.2) is 9.78 Å². The Morgan fingerprint density at radius 1 is 1.21 bits per heavy atom. The number of para-hydroxylation sites is 1. The predicted molar refractivity (Wildman–Crippen MR) is 105 cm³/mol. The molecule has 0 unspecified atom stereocenters. The monoisotopic (exact) mass is 394 g/mol. The van der Waals surface area contributed by atoms with Gasteiger partial charge in [-0.15, -0.1) is 0 Å². The van der Waals surface area contributed by atoms with Crippen molar-refractivity contribution in [1.29, 1.82) is 5.26 Å². The minimum absolute atomic E-state index is 0.145. The lowest BCUT2D eigenvalue weighted by atomic mass is 10.3. The Morgan fingerprint density at radius 3 is 2.71 bits per heavy atom. The Hall–Kier alpha value is -3.63. The van der Waals surface area contributed by atoms with Crippen LogP contribution in [0.25, 0.3) is 11.7 Å². The molecule has 7 nitrogen and oxygen atoms in total. The van der Waals surface area contributed by atoms with Gasteiger partial charge >= 0.3 is 5.97 Å². The highest BCUT2D eigenvalue weighted by molar-refractivity contribution is 6.31. The average molecular weight is 395 g/mol. The summed E-state index contributed by atoms with van der Waals surface area (Å²) in [5, 5.41) is 9.19. The first-order valence-electron chi connectivity index (χ1n) is 8.30. The van der Waals surface area contributed by atoms with Crippen molar-refractivity contribution in [2.45, 2.75) is 0 Å². The summed E-state index contributed by atoms with van der Waals surface area (Å²) in [5.74, 6) is -1.21. The first-order chi connectivity index (χ1) is 13.6. The van der Waals surface area contributed by atoms with Crippen molar-refractivity contribution in [3.63, 3.8) is 0 Å². The zero-order chi connectivity index (χ0) is 19.9. The van der Waals surface area contributed by atoms with Crippen LogP contribution in [-0.2, 0) is 14.3 Å². The van der Waals surface area contributed by atoms with Crippen LogP contribution in [-0.4, -0.2) is 34.4 Å². The fourth-order valence-electron chi connectivity index (χ4n) is 2.54. The van der Waals surface area contributed by atoms with Gasteiger partial charge in [0.1, 0.15) is 12.2 Å². The Balaban J connectivity index is 1.64. The second-order valence-corrected chi connectivity index (χ2v) is 5.99. The molecule has 0 bridgehead atoms. The van der Waals surface area contributed by atoms with Crippen LogP contribution in [0.1, 0.15) is 5.69 Å². The molecule has 0 atom stereocenters. The molecule has 28 heavy (non-hydrogen) atoms. The maximum absolute atomic E-state index is 12.3. The SMILES string of the molecule is N#CCN(C(=O)COC(=O)/C=C/c1c(Cl)nc2ccccn12)c1ccccc1. The quantitative estimate of drug-likeness (QED) is 0.364. The van der Waals surface area contributed by atoms with Crippen molar-refractivity contribution in [3.05, 3.63) is 71.7 Å². The fraction of sp³-hybridized carbons (Fsp3) is 0.100. The van der Waals surface area contributed by atoms with Crippen LogP contribution in [0, 0.1) is 11.3 Å². The number of carbonyl (C=O) groups is 2. The van der Waals surface area contributed by atoms with E-state index in [-0.39, 0.29) is 11.7 Å². The first kappa shape index (κ1) is 19.1. The molecule has 0 aliphatic heterocycles. The molecule has 1 aromatic carbocycles. The number of fused-ring (bicyclic) bond motifs is 1. The van der Waals surface area contributed by atoms with E-state index in [4.69, 9.17) is 21.6 Å². The number of halogens is 1. The van der Waals surface area contributed by atoms with Gasteiger partial charge in [0.25, 0.3) is 5.91 Å². The Kier molecular flexibility index (Phi) is 6.04. The normalized spacial score (nSPS) is 10.7. The number of hydrogen-bond acceptors (Lipinski definition) is 5. The minimum atomic E-state index is -0.708. The molecule has 0 saturated heterocycles. The van der Waals surface area contributed by atoms with Crippen LogP contribution in [0.5, 0.6) is 0 Å². The molecule has 3 aromatic rings. The fourth-order valence-corrected chi connectivity index (χ4v) is 2.78. The molecule has 0 aliphatic carbocycles. The zero-order valence-corrected chi connectivity index (χ0v) is 15.4. The lowest BCUT2D eigenvalue weighted by molar-refractivity contribution is -0.142. The number of rotatable bonds is 6. The van der Waals surface area contributed by atoms with Crippen LogP contribution in [0.2, 0.25) is 5.15 Å². The number of amides is 1. The van der Waals surface area contributed by atoms with E-state index in [1.165, 1.54) is 17.1 Å². The molecular formula is C20H15ClN4O3. The third-order valence-corrected chi connectivity index (χ3v) is 4.11. The highest BCUT2D eigenvalue weighted by atomic mass is 35.5. The molecule has 2 aromatic heterocycles. The molecule has 0 aliphatic rings. The molecule has 1 amide bonds. The summed E-state index contributed by atoms with van der Waals surface area (Å²) in [5.41, 5.74) is 1.72.